The van der Waals surface area contributed by atoms with Crippen LogP contribution in [0.3, 0.4) is 0 Å². The van der Waals surface area contributed by atoms with E-state index in [1.165, 1.54) is 16.8 Å². The summed E-state index contributed by atoms with van der Waals surface area (Å²) in [5, 5.41) is 0. The summed E-state index contributed by atoms with van der Waals surface area (Å²) in [7, 11) is -1.79. The minimum Gasteiger partial charge on any atom is -0.496 e. The van der Waals surface area contributed by atoms with Gasteiger partial charge in [0.1, 0.15) is 5.75 Å². The number of aromatic nitrogens is 2. The minimum absolute atomic E-state index is 0.262. The number of H-pyrrole nitrogens is 1. The number of hydrogen-bond acceptors (Lipinski definition) is 5. The van der Waals surface area contributed by atoms with Crippen LogP contribution in [0.4, 0.5) is 5.69 Å². The Bertz CT molecular complexity index is 1410. The van der Waals surface area contributed by atoms with Gasteiger partial charge in [0.2, 0.25) is 10.0 Å². The molecule has 8 nitrogen and oxygen atoms in total. The van der Waals surface area contributed by atoms with E-state index >= 15 is 0 Å². The molecule has 1 heterocycles. The van der Waals surface area contributed by atoms with E-state index in [1.54, 1.807) is 31.4 Å². The number of benzene rings is 2. The van der Waals surface area contributed by atoms with Crippen molar-refractivity contribution in [3.05, 3.63) is 86.7 Å². The predicted octanol–water partition coefficient (Wildman–Crippen LogP) is 3.49. The normalized spacial score (nSPS) is 12.5. The van der Waals surface area contributed by atoms with Crippen molar-refractivity contribution in [2.24, 2.45) is 5.41 Å². The number of hydrogen-bond donors (Lipinski definition) is 2. The molecule has 0 spiro atoms. The van der Waals surface area contributed by atoms with E-state index in [9.17, 15) is 18.0 Å². The van der Waals surface area contributed by atoms with E-state index in [0.717, 1.165) is 23.0 Å². The summed E-state index contributed by atoms with van der Waals surface area (Å²) in [5.41, 5.74) is 2.43. The Balaban J connectivity index is 2.13. The van der Waals surface area contributed by atoms with Crippen LogP contribution in [0.25, 0.3) is 17.3 Å². The molecular formula is C24H27N3O5S. The van der Waals surface area contributed by atoms with Gasteiger partial charge in [0.05, 0.1) is 19.1 Å². The highest BCUT2D eigenvalue weighted by molar-refractivity contribution is 7.92. The number of nitrogens with zero attached hydrogens (tertiary/aromatic N) is 1. The fourth-order valence-electron chi connectivity index (χ4n) is 3.43. The Labute approximate surface area is 192 Å². The van der Waals surface area contributed by atoms with E-state index in [2.05, 4.69) is 30.5 Å². The number of rotatable bonds is 6. The van der Waals surface area contributed by atoms with Gasteiger partial charge in [0, 0.05) is 23.5 Å². The summed E-state index contributed by atoms with van der Waals surface area (Å²) in [4.78, 5) is 25.9. The van der Waals surface area contributed by atoms with E-state index in [4.69, 9.17) is 4.74 Å². The van der Waals surface area contributed by atoms with E-state index in [0.29, 0.717) is 17.1 Å². The Morgan fingerprint density at radius 2 is 1.73 bits per heavy atom. The lowest BCUT2D eigenvalue weighted by Gasteiger charge is -2.24. The molecule has 0 amide bonds. The number of allylic oxidation sites excluding steroid dienone is 1. The highest BCUT2D eigenvalue weighted by atomic mass is 32.2. The van der Waals surface area contributed by atoms with Crippen LogP contribution in [0.5, 0.6) is 5.75 Å². The molecule has 0 saturated heterocycles. The van der Waals surface area contributed by atoms with Crippen LogP contribution < -0.4 is 20.7 Å². The lowest BCUT2D eigenvalue weighted by Crippen LogP contribution is -2.27. The summed E-state index contributed by atoms with van der Waals surface area (Å²) >= 11 is 0. The summed E-state index contributed by atoms with van der Waals surface area (Å²) < 4.78 is 32.4. The molecule has 3 aromatic rings. The molecule has 0 aliphatic carbocycles. The van der Waals surface area contributed by atoms with Crippen LogP contribution in [0.2, 0.25) is 0 Å². The molecule has 3 rings (SSSR count). The van der Waals surface area contributed by atoms with Gasteiger partial charge in [-0.2, -0.15) is 0 Å². The first-order valence-corrected chi connectivity index (χ1v) is 12.1. The van der Waals surface area contributed by atoms with E-state index in [-0.39, 0.29) is 5.41 Å². The largest absolute Gasteiger partial charge is 0.496 e. The fraction of sp³-hybridized carbons (Fsp3) is 0.250. The number of ether oxygens (including phenoxy) is 1. The number of methoxy groups -OCH3 is 1. The molecule has 0 fully saturated rings. The van der Waals surface area contributed by atoms with Crippen molar-refractivity contribution in [2.75, 3.05) is 18.1 Å². The molecule has 0 bridgehead atoms. The molecule has 0 unspecified atom stereocenters. The van der Waals surface area contributed by atoms with Crippen molar-refractivity contribution in [2.45, 2.75) is 20.8 Å². The highest BCUT2D eigenvalue weighted by Crippen LogP contribution is 2.38. The lowest BCUT2D eigenvalue weighted by molar-refractivity contribution is 0.413. The average molecular weight is 470 g/mol. The third kappa shape index (κ3) is 6.01. The van der Waals surface area contributed by atoms with Crippen LogP contribution in [-0.4, -0.2) is 31.3 Å². The molecule has 174 valence electrons. The maximum atomic E-state index is 12.3. The number of sulfonamides is 1. The minimum atomic E-state index is -3.36. The van der Waals surface area contributed by atoms with Crippen LogP contribution in [0, 0.1) is 5.41 Å². The summed E-state index contributed by atoms with van der Waals surface area (Å²) in [6.45, 7) is 6.22. The van der Waals surface area contributed by atoms with Gasteiger partial charge in [-0.3, -0.25) is 19.1 Å². The van der Waals surface area contributed by atoms with E-state index in [1.807, 2.05) is 24.3 Å². The van der Waals surface area contributed by atoms with Crippen molar-refractivity contribution < 1.29 is 13.2 Å². The maximum Gasteiger partial charge on any atom is 0.332 e. The Kier molecular flexibility index (Phi) is 6.64. The second kappa shape index (κ2) is 9.11. The second-order valence-electron chi connectivity index (χ2n) is 8.67. The second-order valence-corrected chi connectivity index (χ2v) is 10.4. The van der Waals surface area contributed by atoms with Gasteiger partial charge in [-0.05, 0) is 53.0 Å². The topological polar surface area (TPSA) is 110 Å². The van der Waals surface area contributed by atoms with Gasteiger partial charge in [-0.15, -0.1) is 0 Å². The summed E-state index contributed by atoms with van der Waals surface area (Å²) in [6, 6.07) is 13.7. The molecule has 0 aliphatic rings. The van der Waals surface area contributed by atoms with Crippen molar-refractivity contribution in [3.8, 4) is 11.4 Å². The van der Waals surface area contributed by atoms with Crippen LogP contribution >= 0.6 is 0 Å². The summed E-state index contributed by atoms with van der Waals surface area (Å²) in [5.74, 6) is 0.619. The Morgan fingerprint density at radius 1 is 1.06 bits per heavy atom. The van der Waals surface area contributed by atoms with Gasteiger partial charge in [0.15, 0.2) is 0 Å². The van der Waals surface area contributed by atoms with Gasteiger partial charge < -0.3 is 4.74 Å². The smallest absolute Gasteiger partial charge is 0.332 e. The first-order valence-electron chi connectivity index (χ1n) is 10.2. The molecule has 2 N–H and O–H groups in total. The van der Waals surface area contributed by atoms with Gasteiger partial charge in [-0.25, -0.2) is 13.2 Å². The molecule has 0 radical (unpaired) electrons. The molecule has 33 heavy (non-hydrogen) atoms. The van der Waals surface area contributed by atoms with Crippen LogP contribution in [0.1, 0.15) is 31.9 Å². The van der Waals surface area contributed by atoms with Crippen molar-refractivity contribution in [1.29, 1.82) is 0 Å². The molecule has 9 heteroatoms. The molecule has 0 saturated carbocycles. The quantitative estimate of drug-likeness (QED) is 0.537. The Morgan fingerprint density at radius 3 is 2.27 bits per heavy atom. The molecule has 0 atom stereocenters. The van der Waals surface area contributed by atoms with Crippen LogP contribution in [-0.2, 0) is 10.0 Å². The van der Waals surface area contributed by atoms with Crippen LogP contribution in [0.15, 0.2) is 64.3 Å². The first kappa shape index (κ1) is 24.1. The van der Waals surface area contributed by atoms with Gasteiger partial charge in [0.25, 0.3) is 5.56 Å². The zero-order valence-electron chi connectivity index (χ0n) is 19.2. The third-order valence-corrected chi connectivity index (χ3v) is 5.53. The summed E-state index contributed by atoms with van der Waals surface area (Å²) in [6.07, 6.45) is 4.51. The number of aromatic amines is 1. The van der Waals surface area contributed by atoms with Gasteiger partial charge in [-0.1, -0.05) is 32.9 Å². The molecule has 0 aliphatic heterocycles. The lowest BCUT2D eigenvalue weighted by atomic mass is 9.81. The third-order valence-electron chi connectivity index (χ3n) is 4.92. The zero-order valence-corrected chi connectivity index (χ0v) is 20.0. The average Bonchev–Trinajstić information content (AvgIpc) is 2.71. The highest BCUT2D eigenvalue weighted by Gasteiger charge is 2.20. The number of nitrogens with one attached hydrogen (secondary N) is 2. The molecule has 2 aromatic carbocycles. The monoisotopic (exact) mass is 469 g/mol. The standard InChI is InChI=1S/C24H27N3O5S/c1-24(2,3)20(16-6-8-18(9-7-16)26-33(5,30)31)15-17-14-19(10-11-21(17)32-4)27-13-12-22(28)25-23(27)29/h6-15,26H,1-5H3,(H,25,28,29)/b20-15-. The van der Waals surface area contributed by atoms with Crippen molar-refractivity contribution in [3.63, 3.8) is 0 Å². The van der Waals surface area contributed by atoms with Crippen molar-refractivity contribution in [1.82, 2.24) is 9.55 Å². The van der Waals surface area contributed by atoms with E-state index < -0.39 is 21.3 Å². The number of anilines is 1. The fourth-order valence-corrected chi connectivity index (χ4v) is 3.99. The SMILES string of the molecule is COc1ccc(-n2ccc(=O)[nH]c2=O)cc1/C=C(/c1ccc(NS(C)(=O)=O)cc1)C(C)(C)C. The molecular weight excluding hydrogens is 442 g/mol. The Hall–Kier alpha value is -3.59. The first-order chi connectivity index (χ1) is 15.4. The van der Waals surface area contributed by atoms with Gasteiger partial charge >= 0.3 is 5.69 Å². The molecule has 1 aromatic heterocycles. The van der Waals surface area contributed by atoms with Crippen molar-refractivity contribution >= 4 is 27.4 Å². The maximum absolute atomic E-state index is 12.3. The predicted molar refractivity (Wildman–Crippen MR) is 131 cm³/mol. The zero-order chi connectivity index (χ0) is 24.4.